The monoisotopic (exact) mass is 262 g/mol. The molecule has 0 saturated heterocycles. The third-order valence-electron chi connectivity index (χ3n) is 3.56. The number of rotatable bonds is 6. The van der Waals surface area contributed by atoms with Gasteiger partial charge in [0.1, 0.15) is 0 Å². The van der Waals surface area contributed by atoms with E-state index in [0.717, 1.165) is 26.1 Å². The molecule has 2 nitrogen and oxygen atoms in total. The van der Waals surface area contributed by atoms with Gasteiger partial charge in [0.25, 0.3) is 0 Å². The van der Waals surface area contributed by atoms with E-state index in [-0.39, 0.29) is 6.04 Å². The van der Waals surface area contributed by atoms with Crippen LogP contribution in [0, 0.1) is 0 Å². The lowest BCUT2D eigenvalue weighted by Crippen LogP contribution is -2.27. The molecule has 0 saturated carbocycles. The van der Waals surface area contributed by atoms with Gasteiger partial charge in [-0.25, -0.2) is 0 Å². The van der Waals surface area contributed by atoms with Crippen molar-refractivity contribution in [1.29, 1.82) is 0 Å². The first-order valence-electron chi connectivity index (χ1n) is 6.70. The SMILES string of the molecule is CCN(CC)CCC(N)c1cccc2ccsc12. The number of benzene rings is 1. The molecule has 0 fully saturated rings. The van der Waals surface area contributed by atoms with Crippen LogP contribution >= 0.6 is 11.3 Å². The molecule has 0 aliphatic heterocycles. The molecule has 1 aromatic carbocycles. The second-order valence-electron chi connectivity index (χ2n) is 4.61. The Balaban J connectivity index is 2.08. The predicted molar refractivity (Wildman–Crippen MR) is 81.2 cm³/mol. The number of hydrogen-bond donors (Lipinski definition) is 1. The lowest BCUT2D eigenvalue weighted by molar-refractivity contribution is 0.291. The van der Waals surface area contributed by atoms with Gasteiger partial charge in [0.2, 0.25) is 0 Å². The largest absolute Gasteiger partial charge is 0.324 e. The average Bonchev–Trinajstić information content (AvgIpc) is 2.87. The number of fused-ring (bicyclic) bond motifs is 1. The van der Waals surface area contributed by atoms with Crippen molar-refractivity contribution in [2.75, 3.05) is 19.6 Å². The molecule has 0 spiro atoms. The quantitative estimate of drug-likeness (QED) is 0.861. The van der Waals surface area contributed by atoms with E-state index >= 15 is 0 Å². The molecule has 2 rings (SSSR count). The molecular formula is C15H22N2S. The van der Waals surface area contributed by atoms with E-state index in [0.29, 0.717) is 0 Å². The Bertz CT molecular complexity index is 488. The Morgan fingerprint density at radius 1 is 1.22 bits per heavy atom. The highest BCUT2D eigenvalue weighted by Gasteiger charge is 2.11. The van der Waals surface area contributed by atoms with E-state index in [9.17, 15) is 0 Å². The Kier molecular flexibility index (Phi) is 4.75. The van der Waals surface area contributed by atoms with Crippen LogP contribution in [0.25, 0.3) is 10.1 Å². The molecule has 1 unspecified atom stereocenters. The van der Waals surface area contributed by atoms with Gasteiger partial charge in [-0.1, -0.05) is 32.0 Å². The molecule has 0 bridgehead atoms. The van der Waals surface area contributed by atoms with Gasteiger partial charge in [0, 0.05) is 10.7 Å². The van der Waals surface area contributed by atoms with Crippen molar-refractivity contribution in [1.82, 2.24) is 4.90 Å². The summed E-state index contributed by atoms with van der Waals surface area (Å²) in [6, 6.07) is 8.76. The van der Waals surface area contributed by atoms with Crippen molar-refractivity contribution in [3.05, 3.63) is 35.2 Å². The summed E-state index contributed by atoms with van der Waals surface area (Å²) in [6.07, 6.45) is 1.03. The van der Waals surface area contributed by atoms with E-state index in [1.54, 1.807) is 11.3 Å². The Morgan fingerprint density at radius 2 is 2.00 bits per heavy atom. The van der Waals surface area contributed by atoms with Crippen molar-refractivity contribution in [2.24, 2.45) is 5.73 Å². The summed E-state index contributed by atoms with van der Waals surface area (Å²) in [5.74, 6) is 0. The second kappa shape index (κ2) is 6.32. The molecule has 1 atom stereocenters. The fraction of sp³-hybridized carbons (Fsp3) is 0.467. The van der Waals surface area contributed by atoms with Crippen LogP contribution in [0.3, 0.4) is 0 Å². The zero-order chi connectivity index (χ0) is 13.0. The molecule has 2 N–H and O–H groups in total. The van der Waals surface area contributed by atoms with Crippen LogP contribution in [0.4, 0.5) is 0 Å². The molecule has 0 aliphatic carbocycles. The van der Waals surface area contributed by atoms with Crippen molar-refractivity contribution in [2.45, 2.75) is 26.3 Å². The third kappa shape index (κ3) is 2.91. The highest BCUT2D eigenvalue weighted by Crippen LogP contribution is 2.29. The fourth-order valence-corrected chi connectivity index (χ4v) is 3.30. The molecule has 18 heavy (non-hydrogen) atoms. The zero-order valence-electron chi connectivity index (χ0n) is 11.2. The highest BCUT2D eigenvalue weighted by molar-refractivity contribution is 7.17. The van der Waals surface area contributed by atoms with Gasteiger partial charge in [0.15, 0.2) is 0 Å². The van der Waals surface area contributed by atoms with Crippen LogP contribution in [0.2, 0.25) is 0 Å². The van der Waals surface area contributed by atoms with Gasteiger partial charge in [-0.15, -0.1) is 11.3 Å². The van der Waals surface area contributed by atoms with Crippen LogP contribution in [0.15, 0.2) is 29.6 Å². The van der Waals surface area contributed by atoms with E-state index in [1.807, 2.05) is 0 Å². The maximum Gasteiger partial charge on any atom is 0.0390 e. The summed E-state index contributed by atoms with van der Waals surface area (Å²) in [5, 5.41) is 3.46. The summed E-state index contributed by atoms with van der Waals surface area (Å²) in [7, 11) is 0. The van der Waals surface area contributed by atoms with Gasteiger partial charge in [0.05, 0.1) is 0 Å². The maximum absolute atomic E-state index is 6.36. The first-order chi connectivity index (χ1) is 8.76. The molecule has 1 aromatic heterocycles. The summed E-state index contributed by atoms with van der Waals surface area (Å²) < 4.78 is 1.35. The van der Waals surface area contributed by atoms with Crippen LogP contribution in [0.5, 0.6) is 0 Å². The minimum absolute atomic E-state index is 0.146. The molecular weight excluding hydrogens is 240 g/mol. The van der Waals surface area contributed by atoms with E-state index in [4.69, 9.17) is 5.73 Å². The van der Waals surface area contributed by atoms with Crippen LogP contribution < -0.4 is 5.73 Å². The maximum atomic E-state index is 6.36. The minimum atomic E-state index is 0.146. The van der Waals surface area contributed by atoms with Crippen LogP contribution in [-0.2, 0) is 0 Å². The van der Waals surface area contributed by atoms with E-state index < -0.39 is 0 Å². The van der Waals surface area contributed by atoms with Crippen molar-refractivity contribution in [3.8, 4) is 0 Å². The second-order valence-corrected chi connectivity index (χ2v) is 5.52. The van der Waals surface area contributed by atoms with Crippen molar-refractivity contribution < 1.29 is 0 Å². The number of thiophene rings is 1. The summed E-state index contributed by atoms with van der Waals surface area (Å²) in [4.78, 5) is 2.43. The molecule has 3 heteroatoms. The lowest BCUT2D eigenvalue weighted by Gasteiger charge is -2.21. The van der Waals surface area contributed by atoms with Crippen molar-refractivity contribution in [3.63, 3.8) is 0 Å². The zero-order valence-corrected chi connectivity index (χ0v) is 12.0. The van der Waals surface area contributed by atoms with Gasteiger partial charge in [-0.05, 0) is 48.5 Å². The lowest BCUT2D eigenvalue weighted by atomic mass is 10.0. The summed E-state index contributed by atoms with van der Waals surface area (Å²) in [6.45, 7) is 7.69. The van der Waals surface area contributed by atoms with Gasteiger partial charge < -0.3 is 10.6 Å². The van der Waals surface area contributed by atoms with Crippen LogP contribution in [-0.4, -0.2) is 24.5 Å². The van der Waals surface area contributed by atoms with Gasteiger partial charge >= 0.3 is 0 Å². The Labute approximate surface area is 113 Å². The molecule has 2 aromatic rings. The normalized spacial score (nSPS) is 13.3. The van der Waals surface area contributed by atoms with E-state index in [1.165, 1.54) is 15.6 Å². The smallest absolute Gasteiger partial charge is 0.0390 e. The van der Waals surface area contributed by atoms with E-state index in [2.05, 4.69) is 48.4 Å². The molecule has 0 radical (unpaired) electrons. The number of nitrogens with two attached hydrogens (primary N) is 1. The van der Waals surface area contributed by atoms with Gasteiger partial charge in [-0.2, -0.15) is 0 Å². The Morgan fingerprint density at radius 3 is 2.72 bits per heavy atom. The highest BCUT2D eigenvalue weighted by atomic mass is 32.1. The average molecular weight is 262 g/mol. The topological polar surface area (TPSA) is 29.3 Å². The Hall–Kier alpha value is -0.900. The molecule has 1 heterocycles. The third-order valence-corrected chi connectivity index (χ3v) is 4.54. The number of hydrogen-bond acceptors (Lipinski definition) is 3. The molecule has 0 aliphatic rings. The fourth-order valence-electron chi connectivity index (χ4n) is 2.33. The van der Waals surface area contributed by atoms with Gasteiger partial charge in [-0.3, -0.25) is 0 Å². The molecule has 98 valence electrons. The van der Waals surface area contributed by atoms with Crippen LogP contribution in [0.1, 0.15) is 31.9 Å². The first kappa shape index (κ1) is 13.5. The first-order valence-corrected chi connectivity index (χ1v) is 7.58. The summed E-state index contributed by atoms with van der Waals surface area (Å²) in [5.41, 5.74) is 7.66. The standard InChI is InChI=1S/C15H22N2S/c1-3-17(4-2)10-8-14(16)13-7-5-6-12-9-11-18-15(12)13/h5-7,9,11,14H,3-4,8,10,16H2,1-2H3. The molecule has 0 amide bonds. The minimum Gasteiger partial charge on any atom is -0.324 e. The predicted octanol–water partition coefficient (Wildman–Crippen LogP) is 3.63. The number of nitrogens with zero attached hydrogens (tertiary/aromatic N) is 1. The van der Waals surface area contributed by atoms with Crippen molar-refractivity contribution >= 4 is 21.4 Å². The summed E-state index contributed by atoms with van der Waals surface area (Å²) >= 11 is 1.79.